The van der Waals surface area contributed by atoms with Crippen LogP contribution in [0.25, 0.3) is 0 Å². The molecule has 2 atom stereocenters. The van der Waals surface area contributed by atoms with Crippen molar-refractivity contribution in [3.8, 4) is 0 Å². The summed E-state index contributed by atoms with van der Waals surface area (Å²) < 4.78 is 27.1. The first kappa shape index (κ1) is 20.4. The van der Waals surface area contributed by atoms with E-state index in [1.54, 1.807) is 13.8 Å². The van der Waals surface area contributed by atoms with Crippen LogP contribution in [-0.4, -0.2) is 49.7 Å². The highest BCUT2D eigenvalue weighted by atomic mass is 32.2. The number of hydrogen-bond acceptors (Lipinski definition) is 4. The van der Waals surface area contributed by atoms with Gasteiger partial charge in [-0.2, -0.15) is 4.31 Å². The second-order valence-electron chi connectivity index (χ2n) is 6.57. The fourth-order valence-corrected chi connectivity index (χ4v) is 4.71. The first-order valence-electron chi connectivity index (χ1n) is 8.98. The van der Waals surface area contributed by atoms with Crippen LogP contribution in [0.5, 0.6) is 0 Å². The molecule has 0 aliphatic carbocycles. The minimum atomic E-state index is -3.56. The first-order chi connectivity index (χ1) is 12.3. The van der Waals surface area contributed by atoms with Crippen LogP contribution in [0.1, 0.15) is 50.4 Å². The number of hydrogen-bond donors (Lipinski definition) is 2. The largest absolute Gasteiger partial charge is 0.355 e. The fraction of sp³-hybridized carbons (Fsp3) is 0.556. The predicted octanol–water partition coefficient (Wildman–Crippen LogP) is 1.50. The second kappa shape index (κ2) is 8.64. The molecule has 2 rings (SSSR count). The van der Waals surface area contributed by atoms with E-state index in [4.69, 9.17) is 0 Å². The number of benzene rings is 1. The Labute approximate surface area is 155 Å². The van der Waals surface area contributed by atoms with Crippen LogP contribution in [-0.2, 0) is 14.8 Å². The van der Waals surface area contributed by atoms with Crippen LogP contribution < -0.4 is 10.6 Å². The molecule has 0 radical (unpaired) electrons. The zero-order valence-electron chi connectivity index (χ0n) is 15.5. The van der Waals surface area contributed by atoms with Crippen LogP contribution in [0.2, 0.25) is 0 Å². The Bertz CT molecular complexity index is 746. The summed E-state index contributed by atoms with van der Waals surface area (Å²) in [5.74, 6) is -0.682. The Balaban J connectivity index is 2.10. The average molecular weight is 381 g/mol. The number of sulfonamides is 1. The monoisotopic (exact) mass is 381 g/mol. The van der Waals surface area contributed by atoms with Crippen LogP contribution >= 0.6 is 0 Å². The lowest BCUT2D eigenvalue weighted by Crippen LogP contribution is -2.44. The van der Waals surface area contributed by atoms with Crippen molar-refractivity contribution < 1.29 is 18.0 Å². The van der Waals surface area contributed by atoms with Gasteiger partial charge in [-0.15, -0.1) is 0 Å². The van der Waals surface area contributed by atoms with Crippen molar-refractivity contribution in [3.63, 3.8) is 0 Å². The molecule has 0 spiro atoms. The molecule has 0 unspecified atom stereocenters. The van der Waals surface area contributed by atoms with E-state index in [2.05, 4.69) is 10.6 Å². The maximum atomic E-state index is 12.8. The zero-order chi connectivity index (χ0) is 19.3. The minimum Gasteiger partial charge on any atom is -0.355 e. The van der Waals surface area contributed by atoms with E-state index in [0.717, 1.165) is 19.3 Å². The van der Waals surface area contributed by atoms with Gasteiger partial charge in [0, 0.05) is 24.7 Å². The highest BCUT2D eigenvalue weighted by Crippen LogP contribution is 2.25. The van der Waals surface area contributed by atoms with Gasteiger partial charge in [-0.1, -0.05) is 6.42 Å². The van der Waals surface area contributed by atoms with Gasteiger partial charge in [0.05, 0.1) is 4.90 Å². The molecule has 2 amide bonds. The molecule has 1 aromatic carbocycles. The summed E-state index contributed by atoms with van der Waals surface area (Å²) in [6.45, 7) is 6.33. The summed E-state index contributed by atoms with van der Waals surface area (Å²) in [5.41, 5.74) is 0.312. The summed E-state index contributed by atoms with van der Waals surface area (Å²) in [6, 6.07) is 5.16. The van der Waals surface area contributed by atoms with Gasteiger partial charge in [0.1, 0.15) is 6.04 Å². The zero-order valence-corrected chi connectivity index (χ0v) is 16.3. The average Bonchev–Trinajstić information content (AvgIpc) is 2.62. The number of rotatable bonds is 6. The lowest BCUT2D eigenvalue weighted by molar-refractivity contribution is -0.122. The Morgan fingerprint density at radius 3 is 2.46 bits per heavy atom. The van der Waals surface area contributed by atoms with Gasteiger partial charge >= 0.3 is 0 Å². The summed E-state index contributed by atoms with van der Waals surface area (Å²) in [5, 5.41) is 5.23. The van der Waals surface area contributed by atoms with Crippen molar-refractivity contribution in [2.45, 2.75) is 57.0 Å². The lowest BCUT2D eigenvalue weighted by Gasteiger charge is -2.32. The number of carbonyl (C=O) groups excluding carboxylic acids is 2. The lowest BCUT2D eigenvalue weighted by atomic mass is 10.1. The van der Waals surface area contributed by atoms with Gasteiger partial charge in [-0.05, 0) is 57.9 Å². The van der Waals surface area contributed by atoms with Crippen molar-refractivity contribution in [2.24, 2.45) is 0 Å². The molecule has 1 aromatic rings. The summed E-state index contributed by atoms with van der Waals surface area (Å²) in [4.78, 5) is 24.1. The molecule has 1 saturated heterocycles. The maximum absolute atomic E-state index is 12.8. The van der Waals surface area contributed by atoms with Gasteiger partial charge in [0.25, 0.3) is 5.91 Å². The van der Waals surface area contributed by atoms with Crippen molar-refractivity contribution in [1.82, 2.24) is 14.9 Å². The van der Waals surface area contributed by atoms with Gasteiger partial charge in [0.15, 0.2) is 0 Å². The van der Waals surface area contributed by atoms with E-state index in [0.29, 0.717) is 18.7 Å². The van der Waals surface area contributed by atoms with E-state index in [1.165, 1.54) is 28.6 Å². The highest BCUT2D eigenvalue weighted by molar-refractivity contribution is 7.89. The van der Waals surface area contributed by atoms with Crippen LogP contribution in [0.3, 0.4) is 0 Å². The third-order valence-corrected chi connectivity index (χ3v) is 6.58. The quantitative estimate of drug-likeness (QED) is 0.781. The van der Waals surface area contributed by atoms with E-state index in [-0.39, 0.29) is 16.8 Å². The summed E-state index contributed by atoms with van der Waals surface area (Å²) in [6.07, 6.45) is 2.76. The normalized spacial score (nSPS) is 19.6. The molecule has 1 heterocycles. The van der Waals surface area contributed by atoms with Crippen molar-refractivity contribution in [3.05, 3.63) is 29.8 Å². The number of piperidine rings is 1. The Morgan fingerprint density at radius 2 is 1.88 bits per heavy atom. The van der Waals surface area contributed by atoms with Crippen molar-refractivity contribution >= 4 is 21.8 Å². The number of likely N-dealkylation sites (N-methyl/N-ethyl adjacent to an activating group) is 1. The molecule has 1 fully saturated rings. The Kier molecular flexibility index (Phi) is 6.77. The molecule has 2 N–H and O–H groups in total. The summed E-state index contributed by atoms with van der Waals surface area (Å²) >= 11 is 0. The van der Waals surface area contributed by atoms with Gasteiger partial charge in [-0.3, -0.25) is 9.59 Å². The minimum absolute atomic E-state index is 0.0188. The Hall–Kier alpha value is -1.93. The van der Waals surface area contributed by atoms with E-state index in [1.807, 2.05) is 6.92 Å². The van der Waals surface area contributed by atoms with Crippen molar-refractivity contribution in [1.29, 1.82) is 0 Å². The molecule has 8 heteroatoms. The standard InChI is InChI=1S/C18H27N3O4S/c1-4-19-17(22)14(3)20-18(23)15-8-10-16(11-9-15)26(24,25)21-12-6-5-7-13(21)2/h8-11,13-14H,4-7,12H2,1-3H3,(H,19,22)(H,20,23)/t13-,14+/m0/s1. The third kappa shape index (κ3) is 4.62. The molecular formula is C18H27N3O4S. The van der Waals surface area contributed by atoms with Gasteiger partial charge < -0.3 is 10.6 Å². The first-order valence-corrected chi connectivity index (χ1v) is 10.4. The van der Waals surface area contributed by atoms with Crippen molar-refractivity contribution in [2.75, 3.05) is 13.1 Å². The molecule has 144 valence electrons. The van der Waals surface area contributed by atoms with Crippen LogP contribution in [0.4, 0.5) is 0 Å². The number of amides is 2. The molecule has 0 aromatic heterocycles. The van der Waals surface area contributed by atoms with Gasteiger partial charge in [-0.25, -0.2) is 8.42 Å². The van der Waals surface area contributed by atoms with Gasteiger partial charge in [0.2, 0.25) is 15.9 Å². The maximum Gasteiger partial charge on any atom is 0.251 e. The third-order valence-electron chi connectivity index (χ3n) is 4.56. The van der Waals surface area contributed by atoms with E-state index < -0.39 is 22.0 Å². The van der Waals surface area contributed by atoms with E-state index in [9.17, 15) is 18.0 Å². The number of carbonyl (C=O) groups is 2. The molecule has 1 aliphatic heterocycles. The molecule has 7 nitrogen and oxygen atoms in total. The molecular weight excluding hydrogens is 354 g/mol. The Morgan fingerprint density at radius 1 is 1.23 bits per heavy atom. The summed E-state index contributed by atoms with van der Waals surface area (Å²) in [7, 11) is -3.56. The smallest absolute Gasteiger partial charge is 0.251 e. The molecule has 0 saturated carbocycles. The molecule has 1 aliphatic rings. The van der Waals surface area contributed by atoms with E-state index >= 15 is 0 Å². The number of nitrogens with one attached hydrogen (secondary N) is 2. The molecule has 0 bridgehead atoms. The predicted molar refractivity (Wildman–Crippen MR) is 99.3 cm³/mol. The van der Waals surface area contributed by atoms with Crippen LogP contribution in [0, 0.1) is 0 Å². The second-order valence-corrected chi connectivity index (χ2v) is 8.47. The van der Waals surface area contributed by atoms with Crippen LogP contribution in [0.15, 0.2) is 29.2 Å². The SMILES string of the molecule is CCNC(=O)[C@@H](C)NC(=O)c1ccc(S(=O)(=O)N2CCCC[C@@H]2C)cc1. The molecule has 26 heavy (non-hydrogen) atoms. The topological polar surface area (TPSA) is 95.6 Å². The highest BCUT2D eigenvalue weighted by Gasteiger charge is 2.31. The fourth-order valence-electron chi connectivity index (χ4n) is 3.02. The number of nitrogens with zero attached hydrogens (tertiary/aromatic N) is 1.